The summed E-state index contributed by atoms with van der Waals surface area (Å²) in [6.07, 6.45) is -3.39. The van der Waals surface area contributed by atoms with Gasteiger partial charge in [-0.2, -0.15) is 4.40 Å². The summed E-state index contributed by atoms with van der Waals surface area (Å²) >= 11 is 2.98. The molecule has 20 heavy (non-hydrogen) atoms. The van der Waals surface area contributed by atoms with Crippen LogP contribution in [-0.4, -0.2) is 21.5 Å². The van der Waals surface area contributed by atoms with Crippen molar-refractivity contribution in [3.63, 3.8) is 0 Å². The van der Waals surface area contributed by atoms with Gasteiger partial charge in [0.15, 0.2) is 0 Å². The molecule has 0 aromatic heterocycles. The van der Waals surface area contributed by atoms with Gasteiger partial charge in [0.2, 0.25) is 0 Å². The highest BCUT2D eigenvalue weighted by atomic mass is 79.9. The monoisotopic (exact) mass is 371 g/mol. The minimum Gasteiger partial charge on any atom is -0.405 e. The van der Waals surface area contributed by atoms with Gasteiger partial charge in [0.05, 0.1) is 9.22 Å². The molecule has 0 saturated heterocycles. The largest absolute Gasteiger partial charge is 0.573 e. The Labute approximate surface area is 126 Å². The zero-order valence-electron chi connectivity index (χ0n) is 11.0. The van der Waals surface area contributed by atoms with E-state index in [9.17, 15) is 17.4 Å². The van der Waals surface area contributed by atoms with Crippen molar-refractivity contribution in [1.82, 2.24) is 0 Å². The summed E-state index contributed by atoms with van der Waals surface area (Å²) in [6, 6.07) is 3.97. The standard InChI is InChI=1S/C12H13BrF3NO2S/c1-11(2,3)20(18)17-7-8-4-5-10(9(13)6-8)19-12(14,15)16/h4-7H,1-3H3/t20-/m0/s1. The maximum absolute atomic E-state index is 12.1. The molecule has 3 nitrogen and oxygen atoms in total. The highest BCUT2D eigenvalue weighted by molar-refractivity contribution is 9.10. The number of ether oxygens (including phenoxy) is 1. The van der Waals surface area contributed by atoms with Gasteiger partial charge in [0, 0.05) is 6.21 Å². The molecule has 0 aliphatic rings. The number of alkyl halides is 3. The van der Waals surface area contributed by atoms with E-state index in [-0.39, 0.29) is 10.2 Å². The van der Waals surface area contributed by atoms with E-state index in [4.69, 9.17) is 0 Å². The first-order valence-corrected chi connectivity index (χ1v) is 7.40. The SMILES string of the molecule is CC(C)(C)[S@](=O)N=Cc1ccc(OC(F)(F)F)c(Br)c1. The quantitative estimate of drug-likeness (QED) is 0.745. The molecule has 1 aromatic carbocycles. The van der Waals surface area contributed by atoms with Gasteiger partial charge in [-0.15, -0.1) is 13.2 Å². The summed E-state index contributed by atoms with van der Waals surface area (Å²) in [5, 5.41) is 0. The van der Waals surface area contributed by atoms with E-state index in [1.54, 1.807) is 20.8 Å². The van der Waals surface area contributed by atoms with Crippen molar-refractivity contribution in [3.05, 3.63) is 28.2 Å². The van der Waals surface area contributed by atoms with Gasteiger partial charge in [0.25, 0.3) is 0 Å². The molecular formula is C12H13BrF3NO2S. The molecule has 1 rings (SSSR count). The fourth-order valence-corrected chi connectivity index (χ4v) is 2.08. The lowest BCUT2D eigenvalue weighted by molar-refractivity contribution is -0.274. The summed E-state index contributed by atoms with van der Waals surface area (Å²) < 4.78 is 55.3. The molecule has 0 amide bonds. The van der Waals surface area contributed by atoms with Crippen molar-refractivity contribution in [2.75, 3.05) is 0 Å². The van der Waals surface area contributed by atoms with Crippen molar-refractivity contribution in [2.24, 2.45) is 4.40 Å². The summed E-state index contributed by atoms with van der Waals surface area (Å²) in [7, 11) is -1.42. The molecule has 0 aliphatic heterocycles. The number of nitrogens with zero attached hydrogens (tertiary/aromatic N) is 1. The van der Waals surface area contributed by atoms with E-state index in [1.807, 2.05) is 0 Å². The molecule has 0 fully saturated rings. The Balaban J connectivity index is 2.88. The molecule has 1 aromatic rings. The summed E-state index contributed by atoms with van der Waals surface area (Å²) in [5.74, 6) is -0.341. The second-order valence-corrected chi connectivity index (χ2v) is 7.62. The minimum atomic E-state index is -4.74. The normalized spacial score (nSPS) is 14.6. The Hall–Kier alpha value is -0.890. The lowest BCUT2D eigenvalue weighted by Gasteiger charge is -2.13. The Morgan fingerprint density at radius 1 is 1.30 bits per heavy atom. The van der Waals surface area contributed by atoms with Crippen molar-refractivity contribution < 1.29 is 22.1 Å². The fourth-order valence-electron chi connectivity index (χ4n) is 1.07. The van der Waals surface area contributed by atoms with Crippen molar-refractivity contribution >= 4 is 33.1 Å². The minimum absolute atomic E-state index is 0.139. The van der Waals surface area contributed by atoms with Crippen LogP contribution < -0.4 is 4.74 Å². The molecule has 0 heterocycles. The van der Waals surface area contributed by atoms with Crippen LogP contribution in [0.15, 0.2) is 27.1 Å². The molecule has 0 spiro atoms. The van der Waals surface area contributed by atoms with Crippen LogP contribution in [-0.2, 0) is 11.0 Å². The zero-order chi connectivity index (χ0) is 15.6. The maximum atomic E-state index is 12.1. The smallest absolute Gasteiger partial charge is 0.405 e. The average molecular weight is 372 g/mol. The van der Waals surface area contributed by atoms with Gasteiger partial charge in [-0.1, -0.05) is 0 Å². The third-order valence-electron chi connectivity index (χ3n) is 2.00. The summed E-state index contributed by atoms with van der Waals surface area (Å²) in [5.41, 5.74) is 0.518. The van der Waals surface area contributed by atoms with E-state index in [0.29, 0.717) is 5.56 Å². The Morgan fingerprint density at radius 3 is 2.35 bits per heavy atom. The second kappa shape index (κ2) is 6.26. The molecule has 0 N–H and O–H groups in total. The summed E-state index contributed by atoms with van der Waals surface area (Å²) in [6.45, 7) is 5.32. The van der Waals surface area contributed by atoms with Crippen LogP contribution in [0.2, 0.25) is 0 Å². The van der Waals surface area contributed by atoms with Gasteiger partial charge in [-0.05, 0) is 60.5 Å². The van der Waals surface area contributed by atoms with Gasteiger partial charge in [-0.3, -0.25) is 0 Å². The van der Waals surface area contributed by atoms with E-state index >= 15 is 0 Å². The Kier molecular flexibility index (Phi) is 5.37. The molecular weight excluding hydrogens is 359 g/mol. The van der Waals surface area contributed by atoms with Gasteiger partial charge in [0.1, 0.15) is 16.7 Å². The van der Waals surface area contributed by atoms with Crippen LogP contribution in [0, 0.1) is 0 Å². The average Bonchev–Trinajstić information content (AvgIpc) is 2.26. The highest BCUT2D eigenvalue weighted by Gasteiger charge is 2.31. The predicted octanol–water partition coefficient (Wildman–Crippen LogP) is 4.23. The zero-order valence-corrected chi connectivity index (χ0v) is 13.4. The van der Waals surface area contributed by atoms with Crippen molar-refractivity contribution in [3.8, 4) is 5.75 Å². The highest BCUT2D eigenvalue weighted by Crippen LogP contribution is 2.30. The van der Waals surface area contributed by atoms with E-state index in [0.717, 1.165) is 0 Å². The van der Waals surface area contributed by atoms with Gasteiger partial charge < -0.3 is 4.74 Å². The topological polar surface area (TPSA) is 38.7 Å². The van der Waals surface area contributed by atoms with Crippen molar-refractivity contribution in [2.45, 2.75) is 31.9 Å². The maximum Gasteiger partial charge on any atom is 0.573 e. The number of hydrogen-bond acceptors (Lipinski definition) is 2. The number of benzene rings is 1. The third-order valence-corrected chi connectivity index (χ3v) is 3.97. The number of halogens is 4. The molecule has 0 saturated carbocycles. The predicted molar refractivity (Wildman–Crippen MR) is 76.3 cm³/mol. The van der Waals surface area contributed by atoms with E-state index in [2.05, 4.69) is 25.1 Å². The van der Waals surface area contributed by atoms with Crippen LogP contribution in [0.5, 0.6) is 5.75 Å². The van der Waals surface area contributed by atoms with Gasteiger partial charge in [-0.25, -0.2) is 4.21 Å². The number of rotatable bonds is 3. The molecule has 0 bridgehead atoms. The van der Waals surface area contributed by atoms with Crippen molar-refractivity contribution in [1.29, 1.82) is 0 Å². The van der Waals surface area contributed by atoms with Crippen LogP contribution in [0.4, 0.5) is 13.2 Å². The molecule has 112 valence electrons. The molecule has 0 radical (unpaired) electrons. The summed E-state index contributed by atoms with van der Waals surface area (Å²) in [4.78, 5) is 0. The van der Waals surface area contributed by atoms with Crippen LogP contribution in [0.3, 0.4) is 0 Å². The Morgan fingerprint density at radius 2 is 1.90 bits per heavy atom. The lowest BCUT2D eigenvalue weighted by atomic mass is 10.2. The first-order valence-electron chi connectivity index (χ1n) is 5.50. The molecule has 1 atom stereocenters. The van der Waals surface area contributed by atoms with Crippen LogP contribution in [0.25, 0.3) is 0 Å². The second-order valence-electron chi connectivity index (χ2n) is 4.83. The lowest BCUT2D eigenvalue weighted by Crippen LogP contribution is -2.19. The Bertz CT molecular complexity index is 538. The number of hydrogen-bond donors (Lipinski definition) is 0. The fraction of sp³-hybridized carbons (Fsp3) is 0.417. The first-order chi connectivity index (χ1) is 8.99. The van der Waals surface area contributed by atoms with E-state index in [1.165, 1.54) is 24.4 Å². The molecule has 0 unspecified atom stereocenters. The first kappa shape index (κ1) is 17.2. The van der Waals surface area contributed by atoms with Crippen LogP contribution in [0.1, 0.15) is 26.3 Å². The molecule has 0 aliphatic carbocycles. The van der Waals surface area contributed by atoms with Gasteiger partial charge >= 0.3 is 6.36 Å². The van der Waals surface area contributed by atoms with Crippen LogP contribution >= 0.6 is 15.9 Å². The molecule has 8 heteroatoms. The van der Waals surface area contributed by atoms with E-state index < -0.39 is 22.1 Å². The third kappa shape index (κ3) is 5.62.